The fourth-order valence-electron chi connectivity index (χ4n) is 2.16. The largest absolute Gasteiger partial charge is 0.368 e. The third-order valence-electron chi connectivity index (χ3n) is 3.55. The summed E-state index contributed by atoms with van der Waals surface area (Å²) in [5.41, 5.74) is 5.66. The molecule has 0 aliphatic rings. The van der Waals surface area contributed by atoms with Crippen molar-refractivity contribution < 1.29 is 19.3 Å². The Morgan fingerprint density at radius 1 is 1.18 bits per heavy atom. The number of benzene rings is 2. The van der Waals surface area contributed by atoms with Gasteiger partial charge in [-0.15, -0.1) is 11.8 Å². The van der Waals surface area contributed by atoms with Gasteiger partial charge in [0, 0.05) is 28.3 Å². The number of anilines is 1. The number of hydrogen-bond acceptors (Lipinski definition) is 6. The topological polar surface area (TPSA) is 144 Å². The molecular formula is C18H18N4O5S. The Morgan fingerprint density at radius 3 is 2.46 bits per heavy atom. The molecule has 10 heteroatoms. The highest BCUT2D eigenvalue weighted by Gasteiger charge is 2.16. The van der Waals surface area contributed by atoms with Crippen molar-refractivity contribution >= 4 is 40.9 Å². The lowest BCUT2D eigenvalue weighted by Gasteiger charge is -2.13. The van der Waals surface area contributed by atoms with Gasteiger partial charge < -0.3 is 16.4 Å². The molecule has 0 aromatic heterocycles. The summed E-state index contributed by atoms with van der Waals surface area (Å²) in [5.74, 6) is -1.43. The first-order valence-corrected chi connectivity index (χ1v) is 9.03. The van der Waals surface area contributed by atoms with Gasteiger partial charge in [0.25, 0.3) is 11.6 Å². The highest BCUT2D eigenvalue weighted by molar-refractivity contribution is 8.00. The number of primary amides is 1. The number of nitrogens with two attached hydrogens (primary N) is 1. The van der Waals surface area contributed by atoms with Crippen LogP contribution in [0, 0.1) is 10.1 Å². The highest BCUT2D eigenvalue weighted by atomic mass is 32.2. The molecule has 0 spiro atoms. The third-order valence-corrected chi connectivity index (χ3v) is 4.66. The van der Waals surface area contributed by atoms with Crippen LogP contribution in [0.3, 0.4) is 0 Å². The molecule has 9 nitrogen and oxygen atoms in total. The van der Waals surface area contributed by atoms with E-state index in [1.54, 1.807) is 37.3 Å². The van der Waals surface area contributed by atoms with Gasteiger partial charge in [-0.25, -0.2) is 0 Å². The predicted octanol–water partition coefficient (Wildman–Crippen LogP) is 1.93. The maximum Gasteiger partial charge on any atom is 0.269 e. The molecule has 1 atom stereocenters. The summed E-state index contributed by atoms with van der Waals surface area (Å²) in [7, 11) is 0. The number of non-ortho nitro benzene ring substituents is 1. The summed E-state index contributed by atoms with van der Waals surface area (Å²) in [5, 5.41) is 15.3. The Labute approximate surface area is 164 Å². The number of rotatable bonds is 8. The van der Waals surface area contributed by atoms with Gasteiger partial charge in [-0.2, -0.15) is 0 Å². The molecule has 4 N–H and O–H groups in total. The zero-order valence-electron chi connectivity index (χ0n) is 14.9. The molecule has 2 rings (SSSR count). The minimum atomic E-state index is -0.657. The summed E-state index contributed by atoms with van der Waals surface area (Å²) in [4.78, 5) is 46.0. The molecule has 0 aliphatic heterocycles. The third kappa shape index (κ3) is 6.09. The van der Waals surface area contributed by atoms with Crippen LogP contribution in [-0.2, 0) is 9.59 Å². The maximum absolute atomic E-state index is 12.4. The van der Waals surface area contributed by atoms with Gasteiger partial charge in [0.2, 0.25) is 11.8 Å². The Hall–Kier alpha value is -3.40. The van der Waals surface area contributed by atoms with Crippen molar-refractivity contribution in [2.24, 2.45) is 5.73 Å². The van der Waals surface area contributed by atoms with E-state index in [0.717, 1.165) is 0 Å². The van der Waals surface area contributed by atoms with Crippen LogP contribution in [0.2, 0.25) is 0 Å². The van der Waals surface area contributed by atoms with E-state index in [0.29, 0.717) is 10.6 Å². The number of nitrogens with one attached hydrogen (secondary N) is 2. The minimum Gasteiger partial charge on any atom is -0.368 e. The fourth-order valence-corrected chi connectivity index (χ4v) is 3.02. The fraction of sp³-hybridized carbons (Fsp3) is 0.167. The van der Waals surface area contributed by atoms with Gasteiger partial charge in [0.05, 0.1) is 16.7 Å². The zero-order valence-corrected chi connectivity index (χ0v) is 15.7. The number of carbonyl (C=O) groups excluding carboxylic acids is 3. The lowest BCUT2D eigenvalue weighted by molar-refractivity contribution is -0.384. The molecule has 28 heavy (non-hydrogen) atoms. The van der Waals surface area contributed by atoms with Gasteiger partial charge >= 0.3 is 0 Å². The highest BCUT2D eigenvalue weighted by Crippen LogP contribution is 2.26. The number of thioether (sulfide) groups is 1. The average molecular weight is 402 g/mol. The second-order valence-corrected chi connectivity index (χ2v) is 7.14. The van der Waals surface area contributed by atoms with Crippen LogP contribution in [0.15, 0.2) is 53.4 Å². The van der Waals surface area contributed by atoms with Gasteiger partial charge in [0.1, 0.15) is 0 Å². The number of nitrogens with zero attached hydrogens (tertiary/aromatic N) is 1. The number of nitro benzene ring substituents is 1. The van der Waals surface area contributed by atoms with Crippen molar-refractivity contribution in [3.8, 4) is 0 Å². The van der Waals surface area contributed by atoms with E-state index < -0.39 is 22.0 Å². The smallest absolute Gasteiger partial charge is 0.269 e. The molecule has 2 aromatic rings. The molecule has 0 saturated heterocycles. The van der Waals surface area contributed by atoms with Crippen LogP contribution < -0.4 is 16.4 Å². The van der Waals surface area contributed by atoms with Gasteiger partial charge in [-0.05, 0) is 37.3 Å². The molecular weight excluding hydrogens is 384 g/mol. The summed E-state index contributed by atoms with van der Waals surface area (Å²) in [6.45, 7) is 1.42. The van der Waals surface area contributed by atoms with Crippen molar-refractivity contribution in [1.82, 2.24) is 5.32 Å². The molecule has 1 unspecified atom stereocenters. The SMILES string of the molecule is CC(Sc1ccc([N+](=O)[O-])cc1)C(=O)Nc1cccc(C(=O)NCC(N)=O)c1. The van der Waals surface area contributed by atoms with E-state index >= 15 is 0 Å². The van der Waals surface area contributed by atoms with Crippen LogP contribution in [0.25, 0.3) is 0 Å². The van der Waals surface area contributed by atoms with Gasteiger partial charge in [0.15, 0.2) is 0 Å². The zero-order chi connectivity index (χ0) is 20.7. The first-order chi connectivity index (χ1) is 13.3. The summed E-state index contributed by atoms with van der Waals surface area (Å²) >= 11 is 1.25. The first-order valence-electron chi connectivity index (χ1n) is 8.15. The maximum atomic E-state index is 12.4. The average Bonchev–Trinajstić information content (AvgIpc) is 2.66. The minimum absolute atomic E-state index is 0.0205. The summed E-state index contributed by atoms with van der Waals surface area (Å²) < 4.78 is 0. The second-order valence-electron chi connectivity index (χ2n) is 5.73. The number of amides is 3. The van der Waals surface area contributed by atoms with E-state index in [2.05, 4.69) is 10.6 Å². The lowest BCUT2D eigenvalue weighted by atomic mass is 10.2. The summed E-state index contributed by atoms with van der Waals surface area (Å²) in [6, 6.07) is 12.2. The lowest BCUT2D eigenvalue weighted by Crippen LogP contribution is -2.33. The monoisotopic (exact) mass is 402 g/mol. The molecule has 0 heterocycles. The number of hydrogen-bond donors (Lipinski definition) is 3. The van der Waals surface area contributed by atoms with Crippen LogP contribution in [0.5, 0.6) is 0 Å². The van der Waals surface area contributed by atoms with Crippen molar-refractivity contribution in [2.45, 2.75) is 17.1 Å². The number of carbonyl (C=O) groups is 3. The second kappa shape index (κ2) is 9.51. The van der Waals surface area contributed by atoms with Crippen molar-refractivity contribution in [3.63, 3.8) is 0 Å². The Morgan fingerprint density at radius 2 is 1.86 bits per heavy atom. The Kier molecular flexibility index (Phi) is 7.10. The first kappa shape index (κ1) is 20.9. The molecule has 2 aromatic carbocycles. The van der Waals surface area contributed by atoms with Crippen molar-refractivity contribution in [1.29, 1.82) is 0 Å². The number of nitro groups is 1. The van der Waals surface area contributed by atoms with Gasteiger partial charge in [-0.3, -0.25) is 24.5 Å². The Bertz CT molecular complexity index is 901. The van der Waals surface area contributed by atoms with Gasteiger partial charge in [-0.1, -0.05) is 6.07 Å². The van der Waals surface area contributed by atoms with Crippen LogP contribution in [-0.4, -0.2) is 34.4 Å². The molecule has 146 valence electrons. The van der Waals surface area contributed by atoms with Crippen LogP contribution in [0.4, 0.5) is 11.4 Å². The molecule has 0 fully saturated rings. The van der Waals surface area contributed by atoms with E-state index in [1.807, 2.05) is 0 Å². The van der Waals surface area contributed by atoms with Crippen molar-refractivity contribution in [3.05, 3.63) is 64.2 Å². The van der Waals surface area contributed by atoms with Crippen molar-refractivity contribution in [2.75, 3.05) is 11.9 Å². The van der Waals surface area contributed by atoms with E-state index in [9.17, 15) is 24.5 Å². The molecule has 0 saturated carbocycles. The summed E-state index contributed by atoms with van der Waals surface area (Å²) in [6.07, 6.45) is 0. The van der Waals surface area contributed by atoms with Crippen LogP contribution >= 0.6 is 11.8 Å². The molecule has 0 radical (unpaired) electrons. The standard InChI is InChI=1S/C18H18N4O5S/c1-11(28-15-7-5-14(6-8-15)22(26)27)17(24)21-13-4-2-3-12(9-13)18(25)20-10-16(19)23/h2-9,11H,10H2,1H3,(H2,19,23)(H,20,25)(H,21,24). The normalized spacial score (nSPS) is 11.3. The molecule has 0 aliphatic carbocycles. The Balaban J connectivity index is 1.97. The molecule has 3 amide bonds. The van der Waals surface area contributed by atoms with E-state index in [-0.39, 0.29) is 23.7 Å². The quantitative estimate of drug-likeness (QED) is 0.349. The van der Waals surface area contributed by atoms with E-state index in [1.165, 1.54) is 30.0 Å². The van der Waals surface area contributed by atoms with E-state index in [4.69, 9.17) is 5.73 Å². The predicted molar refractivity (Wildman–Crippen MR) is 105 cm³/mol. The van der Waals surface area contributed by atoms with Crippen LogP contribution in [0.1, 0.15) is 17.3 Å². The molecule has 0 bridgehead atoms.